The summed E-state index contributed by atoms with van der Waals surface area (Å²) in [5.74, 6) is 0.698. The molecule has 2 aromatic carbocycles. The van der Waals surface area contributed by atoms with Crippen molar-refractivity contribution in [2.24, 2.45) is 0 Å². The van der Waals surface area contributed by atoms with Gasteiger partial charge in [-0.1, -0.05) is 30.3 Å². The molecule has 0 radical (unpaired) electrons. The van der Waals surface area contributed by atoms with Crippen LogP contribution in [0.3, 0.4) is 0 Å². The minimum atomic E-state index is -0.471. The van der Waals surface area contributed by atoms with Gasteiger partial charge in [-0.2, -0.15) is 5.26 Å². The van der Waals surface area contributed by atoms with Crippen molar-refractivity contribution in [2.45, 2.75) is 24.9 Å². The zero-order valence-corrected chi connectivity index (χ0v) is 17.1. The van der Waals surface area contributed by atoms with Crippen LogP contribution in [0.5, 0.6) is 0 Å². The zero-order chi connectivity index (χ0) is 21.3. The summed E-state index contributed by atoms with van der Waals surface area (Å²) in [5.41, 5.74) is 3.78. The Balaban J connectivity index is 1.38. The standard InChI is InChI=1S/C25H22N4O2/c26-16-18-6-8-20(9-7-18)24(30)29-13-11-25(12-14-29)22-21(10-15-31-25)17-27-23(28-22)19-4-2-1-3-5-19/h1-9,17H,10-15H2. The smallest absolute Gasteiger partial charge is 0.253 e. The quantitative estimate of drug-likeness (QED) is 0.643. The van der Waals surface area contributed by atoms with Crippen LogP contribution in [0.4, 0.5) is 0 Å². The number of carbonyl (C=O) groups is 1. The number of benzene rings is 2. The first-order valence-electron chi connectivity index (χ1n) is 10.5. The number of rotatable bonds is 2. The molecular formula is C25H22N4O2. The molecule has 154 valence electrons. The van der Waals surface area contributed by atoms with E-state index in [0.29, 0.717) is 49.5 Å². The van der Waals surface area contributed by atoms with Gasteiger partial charge in [0.05, 0.1) is 23.9 Å². The highest BCUT2D eigenvalue weighted by atomic mass is 16.5. The number of ether oxygens (including phenoxy) is 1. The van der Waals surface area contributed by atoms with Gasteiger partial charge in [0.1, 0.15) is 5.60 Å². The number of hydrogen-bond acceptors (Lipinski definition) is 5. The first kappa shape index (κ1) is 19.4. The largest absolute Gasteiger partial charge is 0.368 e. The van der Waals surface area contributed by atoms with Gasteiger partial charge in [-0.15, -0.1) is 0 Å². The van der Waals surface area contributed by atoms with Crippen LogP contribution < -0.4 is 0 Å². The lowest BCUT2D eigenvalue weighted by molar-refractivity contribution is -0.0967. The van der Waals surface area contributed by atoms with E-state index >= 15 is 0 Å². The summed E-state index contributed by atoms with van der Waals surface area (Å²) < 4.78 is 6.32. The molecule has 0 bridgehead atoms. The van der Waals surface area contributed by atoms with Crippen molar-refractivity contribution >= 4 is 5.91 Å². The maximum absolute atomic E-state index is 12.9. The SMILES string of the molecule is N#Cc1ccc(C(=O)N2CCC3(CC2)OCCc2cnc(-c4ccccc4)nc23)cc1. The van der Waals surface area contributed by atoms with Gasteiger partial charge < -0.3 is 9.64 Å². The molecule has 1 saturated heterocycles. The van der Waals surface area contributed by atoms with E-state index < -0.39 is 5.60 Å². The van der Waals surface area contributed by atoms with Crippen LogP contribution in [0.2, 0.25) is 0 Å². The second-order valence-electron chi connectivity index (χ2n) is 8.01. The molecule has 0 saturated carbocycles. The number of piperidine rings is 1. The highest BCUT2D eigenvalue weighted by molar-refractivity contribution is 5.94. The van der Waals surface area contributed by atoms with E-state index in [1.165, 1.54) is 0 Å². The van der Waals surface area contributed by atoms with Gasteiger partial charge in [-0.25, -0.2) is 9.97 Å². The van der Waals surface area contributed by atoms with Crippen LogP contribution >= 0.6 is 0 Å². The summed E-state index contributed by atoms with van der Waals surface area (Å²) in [5, 5.41) is 8.96. The third-order valence-electron chi connectivity index (χ3n) is 6.20. The predicted molar refractivity (Wildman–Crippen MR) is 115 cm³/mol. The predicted octanol–water partition coefficient (Wildman–Crippen LogP) is 3.72. The van der Waals surface area contributed by atoms with Crippen LogP contribution in [0.25, 0.3) is 11.4 Å². The fourth-order valence-electron chi connectivity index (χ4n) is 4.46. The van der Waals surface area contributed by atoms with Gasteiger partial charge in [-0.05, 0) is 49.1 Å². The Morgan fingerprint density at radius 1 is 1.06 bits per heavy atom. The highest BCUT2D eigenvalue weighted by Gasteiger charge is 2.43. The third-order valence-corrected chi connectivity index (χ3v) is 6.20. The molecule has 1 amide bonds. The van der Waals surface area contributed by atoms with Crippen molar-refractivity contribution in [3.05, 3.63) is 83.2 Å². The summed E-state index contributed by atoms with van der Waals surface area (Å²) >= 11 is 0. The normalized spacial score (nSPS) is 17.1. The summed E-state index contributed by atoms with van der Waals surface area (Å²) in [6, 6.07) is 18.9. The topological polar surface area (TPSA) is 79.1 Å². The number of nitriles is 1. The van der Waals surface area contributed by atoms with E-state index in [0.717, 1.165) is 23.2 Å². The number of fused-ring (bicyclic) bond motifs is 2. The van der Waals surface area contributed by atoms with E-state index in [1.807, 2.05) is 41.4 Å². The fraction of sp³-hybridized carbons (Fsp3) is 0.280. The van der Waals surface area contributed by atoms with Crippen molar-refractivity contribution in [3.63, 3.8) is 0 Å². The number of amides is 1. The number of nitrogens with zero attached hydrogens (tertiary/aromatic N) is 4. The van der Waals surface area contributed by atoms with Crippen molar-refractivity contribution in [1.29, 1.82) is 5.26 Å². The zero-order valence-electron chi connectivity index (χ0n) is 17.1. The van der Waals surface area contributed by atoms with Gasteiger partial charge in [0.2, 0.25) is 0 Å². The number of likely N-dealkylation sites (tertiary alicyclic amines) is 1. The van der Waals surface area contributed by atoms with Gasteiger partial charge in [-0.3, -0.25) is 4.79 Å². The van der Waals surface area contributed by atoms with Crippen LogP contribution in [0, 0.1) is 11.3 Å². The lowest BCUT2D eigenvalue weighted by Crippen LogP contribution is -2.49. The van der Waals surface area contributed by atoms with Crippen LogP contribution in [0.15, 0.2) is 60.8 Å². The van der Waals surface area contributed by atoms with Crippen LogP contribution in [0.1, 0.15) is 40.0 Å². The Morgan fingerprint density at radius 3 is 2.52 bits per heavy atom. The van der Waals surface area contributed by atoms with Crippen molar-refractivity contribution in [3.8, 4) is 17.5 Å². The maximum Gasteiger partial charge on any atom is 0.253 e. The molecule has 2 aliphatic rings. The monoisotopic (exact) mass is 410 g/mol. The molecule has 0 unspecified atom stereocenters. The minimum absolute atomic E-state index is 0.0111. The van der Waals surface area contributed by atoms with E-state index in [1.54, 1.807) is 24.3 Å². The third kappa shape index (κ3) is 3.58. The second-order valence-corrected chi connectivity index (χ2v) is 8.01. The molecule has 6 heteroatoms. The van der Waals surface area contributed by atoms with Crippen LogP contribution in [-0.4, -0.2) is 40.5 Å². The molecule has 31 heavy (non-hydrogen) atoms. The Kier molecular flexibility index (Phi) is 4.97. The number of carbonyl (C=O) groups excluding carboxylic acids is 1. The molecule has 2 aliphatic heterocycles. The van der Waals surface area contributed by atoms with Crippen molar-refractivity contribution < 1.29 is 9.53 Å². The average molecular weight is 410 g/mol. The van der Waals surface area contributed by atoms with E-state index in [4.69, 9.17) is 15.0 Å². The molecule has 0 atom stereocenters. The van der Waals surface area contributed by atoms with Gasteiger partial charge in [0, 0.05) is 30.4 Å². The first-order valence-corrected chi connectivity index (χ1v) is 10.5. The molecule has 1 spiro atoms. The fourth-order valence-corrected chi connectivity index (χ4v) is 4.46. The minimum Gasteiger partial charge on any atom is -0.368 e. The van der Waals surface area contributed by atoms with E-state index in [2.05, 4.69) is 11.1 Å². The summed E-state index contributed by atoms with van der Waals surface area (Å²) in [4.78, 5) is 24.3. The van der Waals surface area contributed by atoms with E-state index in [9.17, 15) is 4.79 Å². The van der Waals surface area contributed by atoms with Gasteiger partial charge >= 0.3 is 0 Å². The lowest BCUT2D eigenvalue weighted by atomic mass is 9.83. The van der Waals surface area contributed by atoms with E-state index in [-0.39, 0.29) is 5.91 Å². The molecule has 1 fully saturated rings. The molecule has 0 aliphatic carbocycles. The summed E-state index contributed by atoms with van der Waals surface area (Å²) in [6.45, 7) is 1.84. The molecular weight excluding hydrogens is 388 g/mol. The molecule has 1 aromatic heterocycles. The second kappa shape index (κ2) is 7.93. The molecule has 3 aromatic rings. The maximum atomic E-state index is 12.9. The van der Waals surface area contributed by atoms with Crippen molar-refractivity contribution in [1.82, 2.24) is 14.9 Å². The van der Waals surface area contributed by atoms with Crippen molar-refractivity contribution in [2.75, 3.05) is 19.7 Å². The van der Waals surface area contributed by atoms with Crippen LogP contribution in [-0.2, 0) is 16.8 Å². The average Bonchev–Trinajstić information content (AvgIpc) is 2.85. The Morgan fingerprint density at radius 2 is 1.81 bits per heavy atom. The number of hydrogen-bond donors (Lipinski definition) is 0. The number of aromatic nitrogens is 2. The first-order chi connectivity index (χ1) is 15.2. The van der Waals surface area contributed by atoms with Gasteiger partial charge in [0.15, 0.2) is 5.82 Å². The lowest BCUT2D eigenvalue weighted by Gasteiger charge is -2.44. The summed E-state index contributed by atoms with van der Waals surface area (Å²) in [6.07, 6.45) is 4.14. The van der Waals surface area contributed by atoms with Gasteiger partial charge in [0.25, 0.3) is 5.91 Å². The molecule has 6 nitrogen and oxygen atoms in total. The highest BCUT2D eigenvalue weighted by Crippen LogP contribution is 2.41. The molecule has 5 rings (SSSR count). The Bertz CT molecular complexity index is 1140. The Hall–Kier alpha value is -3.56. The Labute approximate surface area is 181 Å². The molecule has 0 N–H and O–H groups in total. The molecule has 3 heterocycles. The summed E-state index contributed by atoms with van der Waals surface area (Å²) in [7, 11) is 0.